The minimum absolute atomic E-state index is 0.197. The highest BCUT2D eigenvalue weighted by molar-refractivity contribution is 7.10. The van der Waals surface area contributed by atoms with Gasteiger partial charge in [-0.2, -0.15) is 4.37 Å². The molecule has 0 spiro atoms. The second-order valence-electron chi connectivity index (χ2n) is 4.83. The van der Waals surface area contributed by atoms with Crippen molar-refractivity contribution in [2.75, 3.05) is 30.7 Å². The highest BCUT2D eigenvalue weighted by Crippen LogP contribution is 2.47. The third-order valence-corrected chi connectivity index (χ3v) is 4.32. The molecule has 2 rings (SSSR count). The van der Waals surface area contributed by atoms with Crippen molar-refractivity contribution in [1.29, 1.82) is 0 Å². The summed E-state index contributed by atoms with van der Waals surface area (Å²) >= 11 is 1.41. The fourth-order valence-electron chi connectivity index (χ4n) is 2.22. The molecule has 1 saturated carbocycles. The first-order valence-electron chi connectivity index (χ1n) is 6.94. The van der Waals surface area contributed by atoms with Crippen LogP contribution in [-0.4, -0.2) is 34.8 Å². The molecule has 1 heterocycles. The van der Waals surface area contributed by atoms with Crippen LogP contribution >= 0.6 is 11.5 Å². The molecular weight excluding hydrogens is 260 g/mol. The highest BCUT2D eigenvalue weighted by atomic mass is 32.1. The number of nitrogens with zero attached hydrogens (tertiary/aromatic N) is 2. The first-order chi connectivity index (χ1) is 9.17. The van der Waals surface area contributed by atoms with Crippen LogP contribution in [0.4, 0.5) is 10.8 Å². The van der Waals surface area contributed by atoms with Crippen molar-refractivity contribution < 1.29 is 4.79 Å². The van der Waals surface area contributed by atoms with E-state index in [9.17, 15) is 4.79 Å². The van der Waals surface area contributed by atoms with Crippen LogP contribution in [0.3, 0.4) is 0 Å². The van der Waals surface area contributed by atoms with Crippen molar-refractivity contribution in [3.63, 3.8) is 0 Å². The minimum Gasteiger partial charge on any atom is -0.383 e. The van der Waals surface area contributed by atoms with E-state index in [1.54, 1.807) is 0 Å². The van der Waals surface area contributed by atoms with Gasteiger partial charge in [-0.05, 0) is 44.1 Å². The van der Waals surface area contributed by atoms with Gasteiger partial charge >= 0.3 is 0 Å². The van der Waals surface area contributed by atoms with Crippen molar-refractivity contribution in [3.8, 4) is 0 Å². The molecule has 6 heteroatoms. The maximum Gasteiger partial charge on any atom is 0.224 e. The highest BCUT2D eigenvalue weighted by Gasteiger charge is 2.30. The Labute approximate surface area is 118 Å². The van der Waals surface area contributed by atoms with Gasteiger partial charge in [0.25, 0.3) is 0 Å². The Morgan fingerprint density at radius 1 is 1.47 bits per heavy atom. The number of rotatable bonds is 7. The second-order valence-corrected chi connectivity index (χ2v) is 5.60. The maximum absolute atomic E-state index is 11.9. The molecule has 19 heavy (non-hydrogen) atoms. The molecule has 1 aliphatic rings. The molecule has 0 aliphatic heterocycles. The number of hydrogen-bond donors (Lipinski definition) is 2. The largest absolute Gasteiger partial charge is 0.383 e. The van der Waals surface area contributed by atoms with Gasteiger partial charge in [0, 0.05) is 31.6 Å². The van der Waals surface area contributed by atoms with Gasteiger partial charge in [-0.3, -0.25) is 4.79 Å². The molecule has 5 nitrogen and oxygen atoms in total. The number of aromatic nitrogens is 1. The van der Waals surface area contributed by atoms with Crippen LogP contribution in [0.25, 0.3) is 0 Å². The Balaban J connectivity index is 1.84. The second kappa shape index (κ2) is 6.23. The molecule has 1 aromatic rings. The first kappa shape index (κ1) is 14.1. The summed E-state index contributed by atoms with van der Waals surface area (Å²) in [6.45, 7) is 6.21. The summed E-state index contributed by atoms with van der Waals surface area (Å²) in [7, 11) is 0. The van der Waals surface area contributed by atoms with Crippen molar-refractivity contribution in [3.05, 3.63) is 5.56 Å². The van der Waals surface area contributed by atoms with Crippen LogP contribution in [0.2, 0.25) is 0 Å². The third kappa shape index (κ3) is 3.37. The lowest BCUT2D eigenvalue weighted by Crippen LogP contribution is -2.31. The van der Waals surface area contributed by atoms with Gasteiger partial charge in [0.2, 0.25) is 5.91 Å². The van der Waals surface area contributed by atoms with Gasteiger partial charge in [-0.1, -0.05) is 0 Å². The number of carbonyl (C=O) groups excluding carboxylic acids is 1. The molecule has 3 N–H and O–H groups in total. The van der Waals surface area contributed by atoms with Crippen molar-refractivity contribution in [2.24, 2.45) is 0 Å². The summed E-state index contributed by atoms with van der Waals surface area (Å²) in [6, 6.07) is 0. The molecule has 0 atom stereocenters. The lowest BCUT2D eigenvalue weighted by Gasteiger charge is -2.18. The van der Waals surface area contributed by atoms with Crippen molar-refractivity contribution in [1.82, 2.24) is 9.27 Å². The molecule has 1 fully saturated rings. The molecule has 0 unspecified atom stereocenters. The molecule has 106 valence electrons. The number of amides is 1. The Morgan fingerprint density at radius 3 is 2.74 bits per heavy atom. The van der Waals surface area contributed by atoms with E-state index in [1.165, 1.54) is 29.9 Å². The zero-order valence-electron chi connectivity index (χ0n) is 11.6. The fraction of sp³-hybridized carbons (Fsp3) is 0.692. The normalized spacial score (nSPS) is 14.4. The van der Waals surface area contributed by atoms with E-state index < -0.39 is 0 Å². The number of nitrogen functional groups attached to an aromatic ring is 1. The maximum atomic E-state index is 11.9. The summed E-state index contributed by atoms with van der Waals surface area (Å²) in [4.78, 5) is 13.7. The summed E-state index contributed by atoms with van der Waals surface area (Å²) in [5.41, 5.74) is 7.06. The topological polar surface area (TPSA) is 71.2 Å². The third-order valence-electron chi connectivity index (χ3n) is 3.48. The molecule has 1 aromatic heterocycles. The summed E-state index contributed by atoms with van der Waals surface area (Å²) in [5.74, 6) is 1.44. The number of hydrogen-bond acceptors (Lipinski definition) is 5. The van der Waals surface area contributed by atoms with Crippen LogP contribution in [0, 0.1) is 0 Å². The summed E-state index contributed by atoms with van der Waals surface area (Å²) in [6.07, 6.45) is 2.93. The SMILES string of the molecule is CCN(CC)C(=O)CCNc1snc(N)c1C1CC1. The van der Waals surface area contributed by atoms with Gasteiger partial charge in [0.15, 0.2) is 0 Å². The number of nitrogens with one attached hydrogen (secondary N) is 1. The summed E-state index contributed by atoms with van der Waals surface area (Å²) < 4.78 is 4.20. The van der Waals surface area contributed by atoms with Crippen molar-refractivity contribution in [2.45, 2.75) is 39.0 Å². The van der Waals surface area contributed by atoms with E-state index in [0.717, 1.165) is 18.1 Å². The molecular formula is C13H22N4OS. The Bertz CT molecular complexity index is 438. The van der Waals surface area contributed by atoms with Crippen LogP contribution < -0.4 is 11.1 Å². The standard InChI is InChI=1S/C13H22N4OS/c1-3-17(4-2)10(18)7-8-15-13-11(9-5-6-9)12(14)16-19-13/h9,15H,3-8H2,1-2H3,(H2,14,16). The summed E-state index contributed by atoms with van der Waals surface area (Å²) in [5, 5.41) is 4.37. The lowest BCUT2D eigenvalue weighted by atomic mass is 10.2. The van der Waals surface area contributed by atoms with E-state index in [-0.39, 0.29) is 5.91 Å². The molecule has 0 aromatic carbocycles. The predicted octanol–water partition coefficient (Wildman–Crippen LogP) is 2.27. The zero-order chi connectivity index (χ0) is 13.8. The Hall–Kier alpha value is -1.30. The Morgan fingerprint density at radius 2 is 2.16 bits per heavy atom. The first-order valence-corrected chi connectivity index (χ1v) is 7.71. The molecule has 1 aliphatic carbocycles. The molecule has 0 bridgehead atoms. The van der Waals surface area contributed by atoms with Gasteiger partial charge in [-0.25, -0.2) is 0 Å². The van der Waals surface area contributed by atoms with Gasteiger partial charge in [0.05, 0.1) is 0 Å². The smallest absolute Gasteiger partial charge is 0.224 e. The van der Waals surface area contributed by atoms with E-state index >= 15 is 0 Å². The van der Waals surface area contributed by atoms with Gasteiger partial charge < -0.3 is 16.0 Å². The monoisotopic (exact) mass is 282 g/mol. The van der Waals surface area contributed by atoms with Gasteiger partial charge in [0.1, 0.15) is 10.8 Å². The minimum atomic E-state index is 0.197. The van der Waals surface area contributed by atoms with Crippen LogP contribution in [0.5, 0.6) is 0 Å². The zero-order valence-corrected chi connectivity index (χ0v) is 12.4. The van der Waals surface area contributed by atoms with Crippen LogP contribution in [0.15, 0.2) is 0 Å². The number of nitrogens with two attached hydrogens (primary N) is 1. The molecule has 1 amide bonds. The van der Waals surface area contributed by atoms with Crippen LogP contribution in [-0.2, 0) is 4.79 Å². The predicted molar refractivity (Wildman–Crippen MR) is 79.5 cm³/mol. The average molecular weight is 282 g/mol. The quantitative estimate of drug-likeness (QED) is 0.805. The average Bonchev–Trinajstić information content (AvgIpc) is 3.16. The van der Waals surface area contributed by atoms with E-state index in [4.69, 9.17) is 5.73 Å². The van der Waals surface area contributed by atoms with Gasteiger partial charge in [-0.15, -0.1) is 0 Å². The van der Waals surface area contributed by atoms with E-state index in [1.807, 2.05) is 18.7 Å². The van der Waals surface area contributed by atoms with Crippen LogP contribution in [0.1, 0.15) is 44.6 Å². The number of anilines is 2. The van der Waals surface area contributed by atoms with E-state index in [2.05, 4.69) is 9.69 Å². The van der Waals surface area contributed by atoms with E-state index in [0.29, 0.717) is 24.7 Å². The Kier molecular flexibility index (Phi) is 4.63. The fourth-order valence-corrected chi connectivity index (χ4v) is 3.05. The van der Waals surface area contributed by atoms with Crippen molar-refractivity contribution >= 4 is 28.3 Å². The number of carbonyl (C=O) groups is 1. The lowest BCUT2D eigenvalue weighted by molar-refractivity contribution is -0.130. The molecule has 0 radical (unpaired) electrons. The molecule has 0 saturated heterocycles.